The molecule has 90 valence electrons. The van der Waals surface area contributed by atoms with Gasteiger partial charge in [0.1, 0.15) is 0 Å². The Balaban J connectivity index is 1.62. The van der Waals surface area contributed by atoms with Crippen LogP contribution in [0.25, 0.3) is 0 Å². The minimum atomic E-state index is -0.999. The first kappa shape index (κ1) is 13.2. The molecule has 1 aliphatic heterocycles. The van der Waals surface area contributed by atoms with Gasteiger partial charge < -0.3 is 0 Å². The van der Waals surface area contributed by atoms with E-state index in [1.807, 2.05) is 0 Å². The summed E-state index contributed by atoms with van der Waals surface area (Å²) in [5.74, 6) is 0. The van der Waals surface area contributed by atoms with Crippen molar-refractivity contribution in [2.24, 2.45) is 0 Å². The third kappa shape index (κ3) is 9.09. The van der Waals surface area contributed by atoms with Crippen molar-refractivity contribution in [3.63, 3.8) is 0 Å². The average molecular weight is 230 g/mol. The van der Waals surface area contributed by atoms with E-state index in [1.54, 1.807) is 0 Å². The fraction of sp³-hybridized carbons (Fsp3) is 1.00. The Hall–Kier alpha value is 0.137. The molecule has 0 saturated carbocycles. The molecule has 1 rings (SSSR count). The normalized spacial score (nSPS) is 15.8. The molecule has 2 nitrogen and oxygen atoms in total. The summed E-state index contributed by atoms with van der Waals surface area (Å²) in [6.45, 7) is 2.27. The second kappa shape index (κ2) is 9.37. The van der Waals surface area contributed by atoms with Crippen LogP contribution in [0.4, 0.5) is 0 Å². The molecule has 0 unspecified atom stereocenters. The molecule has 0 radical (unpaired) electrons. The quantitative estimate of drug-likeness (QED) is 0.231. The summed E-state index contributed by atoms with van der Waals surface area (Å²) in [4.78, 5) is 0. The molecule has 0 spiro atoms. The number of hydrogen-bond donors (Lipinski definition) is 0. The Morgan fingerprint density at radius 3 is 1.60 bits per heavy atom. The Kier molecular flexibility index (Phi) is 8.25. The minimum Gasteiger partial charge on any atom is -0.261 e. The summed E-state index contributed by atoms with van der Waals surface area (Å²) in [5, 5.41) is 0. The van der Waals surface area contributed by atoms with Crippen molar-refractivity contribution in [1.82, 2.24) is 0 Å². The van der Waals surface area contributed by atoms with E-state index in [-0.39, 0.29) is 0 Å². The van der Waals surface area contributed by atoms with Crippen LogP contribution >= 0.6 is 0 Å². The Morgan fingerprint density at radius 1 is 0.667 bits per heavy atom. The van der Waals surface area contributed by atoms with Crippen molar-refractivity contribution >= 4 is 9.28 Å². The topological polar surface area (TPSA) is 25.1 Å². The lowest BCUT2D eigenvalue weighted by Crippen LogP contribution is -1.88. The molecule has 3 heteroatoms. The third-order valence-electron chi connectivity index (χ3n) is 3.03. The molecule has 0 aromatic rings. The fourth-order valence-corrected chi connectivity index (χ4v) is 3.06. The lowest BCUT2D eigenvalue weighted by atomic mass is 10.1. The van der Waals surface area contributed by atoms with E-state index in [9.17, 15) is 0 Å². The molecule has 1 saturated heterocycles. The fourth-order valence-electron chi connectivity index (χ4n) is 1.93. The third-order valence-corrected chi connectivity index (χ3v) is 4.37. The van der Waals surface area contributed by atoms with Crippen molar-refractivity contribution in [1.29, 1.82) is 0 Å². The first-order valence-electron chi connectivity index (χ1n) is 6.75. The number of hydrogen-bond acceptors (Lipinski definition) is 2. The van der Waals surface area contributed by atoms with Crippen molar-refractivity contribution in [2.75, 3.05) is 0 Å². The second-order valence-electron chi connectivity index (χ2n) is 4.59. The molecule has 0 aromatic heterocycles. The van der Waals surface area contributed by atoms with E-state index in [0.29, 0.717) is 0 Å². The number of rotatable bonds is 11. The van der Waals surface area contributed by atoms with Gasteiger partial charge in [0.05, 0.1) is 0 Å². The molecular formula is C12H26O2Si. The molecule has 0 aliphatic carbocycles. The highest BCUT2D eigenvalue weighted by molar-refractivity contribution is 6.49. The molecule has 1 aliphatic rings. The van der Waals surface area contributed by atoms with E-state index >= 15 is 0 Å². The van der Waals surface area contributed by atoms with Crippen LogP contribution in [0.3, 0.4) is 0 Å². The van der Waals surface area contributed by atoms with Gasteiger partial charge in [0, 0.05) is 0 Å². The van der Waals surface area contributed by atoms with Crippen molar-refractivity contribution in [3.8, 4) is 0 Å². The van der Waals surface area contributed by atoms with Gasteiger partial charge in [-0.1, -0.05) is 71.1 Å². The monoisotopic (exact) mass is 230 g/mol. The zero-order valence-electron chi connectivity index (χ0n) is 10.2. The van der Waals surface area contributed by atoms with Gasteiger partial charge in [-0.15, -0.1) is 0 Å². The van der Waals surface area contributed by atoms with Crippen LogP contribution in [0.1, 0.15) is 71.1 Å². The van der Waals surface area contributed by atoms with E-state index in [1.165, 1.54) is 70.3 Å². The smallest absolute Gasteiger partial charge is 0.261 e. The van der Waals surface area contributed by atoms with Gasteiger partial charge in [0.25, 0.3) is 0 Å². The van der Waals surface area contributed by atoms with Gasteiger partial charge in [-0.25, -0.2) is 0 Å². The van der Waals surface area contributed by atoms with Crippen molar-refractivity contribution in [2.45, 2.75) is 77.2 Å². The Morgan fingerprint density at radius 2 is 1.13 bits per heavy atom. The summed E-state index contributed by atoms with van der Waals surface area (Å²) in [6.07, 6.45) is 14.1. The molecule has 0 amide bonds. The lowest BCUT2D eigenvalue weighted by Gasteiger charge is -2.00. The summed E-state index contributed by atoms with van der Waals surface area (Å²) in [5.41, 5.74) is 0. The highest BCUT2D eigenvalue weighted by Gasteiger charge is 2.28. The zero-order chi connectivity index (χ0) is 10.8. The largest absolute Gasteiger partial charge is 0.393 e. The SMILES string of the molecule is CCCCCCCCCCCC[SiH]1OO1. The summed E-state index contributed by atoms with van der Waals surface area (Å²) >= 11 is 0. The lowest BCUT2D eigenvalue weighted by molar-refractivity contribution is 0.0850. The van der Waals surface area contributed by atoms with Gasteiger partial charge in [-0.05, 0) is 6.04 Å². The van der Waals surface area contributed by atoms with Gasteiger partial charge in [0.2, 0.25) is 0 Å². The Labute approximate surface area is 96.1 Å². The molecular weight excluding hydrogens is 204 g/mol. The highest BCUT2D eigenvalue weighted by atomic mass is 28.3. The Bertz CT molecular complexity index is 138. The van der Waals surface area contributed by atoms with Gasteiger partial charge in [-0.3, -0.25) is 9.15 Å². The molecule has 15 heavy (non-hydrogen) atoms. The van der Waals surface area contributed by atoms with Gasteiger partial charge >= 0.3 is 9.28 Å². The highest BCUT2D eigenvalue weighted by Crippen LogP contribution is 2.17. The predicted molar refractivity (Wildman–Crippen MR) is 66.0 cm³/mol. The van der Waals surface area contributed by atoms with Crippen LogP contribution in [0.2, 0.25) is 6.04 Å². The average Bonchev–Trinajstić information content (AvgIpc) is 3.05. The van der Waals surface area contributed by atoms with Crippen LogP contribution in [0, 0.1) is 0 Å². The molecule has 0 N–H and O–H groups in total. The van der Waals surface area contributed by atoms with Crippen molar-refractivity contribution < 1.29 is 9.15 Å². The van der Waals surface area contributed by atoms with Gasteiger partial charge in [0.15, 0.2) is 0 Å². The number of unbranched alkanes of at least 4 members (excludes halogenated alkanes) is 9. The van der Waals surface area contributed by atoms with Crippen LogP contribution < -0.4 is 0 Å². The first-order chi connectivity index (χ1) is 7.43. The second-order valence-corrected chi connectivity index (χ2v) is 6.41. The predicted octanol–water partition coefficient (Wildman–Crippen LogP) is 4.09. The molecule has 0 aromatic carbocycles. The minimum absolute atomic E-state index is 0.999. The maximum atomic E-state index is 4.83. The van der Waals surface area contributed by atoms with E-state index in [2.05, 4.69) is 6.92 Å². The van der Waals surface area contributed by atoms with Crippen molar-refractivity contribution in [3.05, 3.63) is 0 Å². The van der Waals surface area contributed by atoms with E-state index in [0.717, 1.165) is 0 Å². The first-order valence-corrected chi connectivity index (χ1v) is 8.51. The molecule has 1 fully saturated rings. The molecule has 0 bridgehead atoms. The molecule has 1 heterocycles. The van der Waals surface area contributed by atoms with E-state index in [4.69, 9.17) is 9.15 Å². The maximum Gasteiger partial charge on any atom is 0.393 e. The van der Waals surface area contributed by atoms with Crippen LogP contribution in [0.15, 0.2) is 0 Å². The summed E-state index contributed by atoms with van der Waals surface area (Å²) in [7, 11) is -0.999. The zero-order valence-corrected chi connectivity index (χ0v) is 11.3. The van der Waals surface area contributed by atoms with E-state index < -0.39 is 9.28 Å². The standard InChI is InChI=1S/C12H26O2Si/c1-2-3-4-5-6-7-8-9-10-11-12-15-13-14-15/h15H,2-12H2,1H3. The summed E-state index contributed by atoms with van der Waals surface area (Å²) in [6, 6.07) is 1.23. The van der Waals surface area contributed by atoms with Crippen LogP contribution in [-0.2, 0) is 9.15 Å². The maximum absolute atomic E-state index is 4.83. The van der Waals surface area contributed by atoms with Crippen LogP contribution in [0.5, 0.6) is 0 Å². The van der Waals surface area contributed by atoms with Crippen LogP contribution in [-0.4, -0.2) is 9.28 Å². The molecule has 0 atom stereocenters. The summed E-state index contributed by atoms with van der Waals surface area (Å²) < 4.78 is 9.66. The van der Waals surface area contributed by atoms with Gasteiger partial charge in [-0.2, -0.15) is 0 Å².